The Morgan fingerprint density at radius 2 is 2.17 bits per heavy atom. The molecular weight excluding hydrogens is 302 g/mol. The summed E-state index contributed by atoms with van der Waals surface area (Å²) in [4.78, 5) is 14.3. The lowest BCUT2D eigenvalue weighted by Gasteiger charge is -2.37. The van der Waals surface area contributed by atoms with E-state index in [2.05, 4.69) is 31.2 Å². The highest BCUT2D eigenvalue weighted by Crippen LogP contribution is 2.45. The van der Waals surface area contributed by atoms with Crippen molar-refractivity contribution in [1.29, 1.82) is 0 Å². The Balaban J connectivity index is 1.89. The third-order valence-electron chi connectivity index (χ3n) is 4.81. The Morgan fingerprint density at radius 1 is 1.42 bits per heavy atom. The number of likely N-dealkylation sites (tertiary alicyclic amines) is 1. The van der Waals surface area contributed by atoms with Gasteiger partial charge < -0.3 is 14.4 Å². The van der Waals surface area contributed by atoms with Crippen molar-refractivity contribution in [3.8, 4) is 0 Å². The molecule has 130 valence electrons. The van der Waals surface area contributed by atoms with E-state index in [-0.39, 0.29) is 17.6 Å². The molecule has 3 rings (SSSR count). The van der Waals surface area contributed by atoms with Crippen molar-refractivity contribution in [2.24, 2.45) is 0 Å². The lowest BCUT2D eigenvalue weighted by atomic mass is 9.80. The average Bonchev–Trinajstić information content (AvgIpc) is 2.84. The molecule has 1 fully saturated rings. The normalized spacial score (nSPS) is 26.4. The fourth-order valence-corrected chi connectivity index (χ4v) is 3.70. The largest absolute Gasteiger partial charge is 0.444 e. The Kier molecular flexibility index (Phi) is 4.20. The Hall–Kier alpha value is -1.81. The second-order valence-corrected chi connectivity index (χ2v) is 7.93. The highest BCUT2D eigenvalue weighted by atomic mass is 16.6. The zero-order valence-corrected chi connectivity index (χ0v) is 15.3. The van der Waals surface area contributed by atoms with Gasteiger partial charge in [-0.1, -0.05) is 30.4 Å². The molecule has 2 heterocycles. The molecule has 1 saturated heterocycles. The van der Waals surface area contributed by atoms with Crippen LogP contribution in [-0.4, -0.2) is 35.3 Å². The van der Waals surface area contributed by atoms with Gasteiger partial charge in [0.15, 0.2) is 0 Å². The van der Waals surface area contributed by atoms with E-state index in [0.717, 1.165) is 0 Å². The topological polar surface area (TPSA) is 38.8 Å². The van der Waals surface area contributed by atoms with Crippen LogP contribution in [0.25, 0.3) is 6.08 Å². The van der Waals surface area contributed by atoms with Gasteiger partial charge in [0.25, 0.3) is 0 Å². The average molecular weight is 329 g/mol. The van der Waals surface area contributed by atoms with E-state index >= 15 is 0 Å². The monoisotopic (exact) mass is 329 g/mol. The van der Waals surface area contributed by atoms with Gasteiger partial charge in [0, 0.05) is 12.5 Å². The summed E-state index contributed by atoms with van der Waals surface area (Å²) in [5, 5.41) is 0. The van der Waals surface area contributed by atoms with E-state index in [4.69, 9.17) is 9.47 Å². The Bertz CT molecular complexity index is 674. The molecule has 1 aromatic rings. The van der Waals surface area contributed by atoms with Crippen LogP contribution in [0.2, 0.25) is 0 Å². The molecule has 1 aromatic carbocycles. The predicted molar refractivity (Wildman–Crippen MR) is 94.9 cm³/mol. The van der Waals surface area contributed by atoms with Gasteiger partial charge in [-0.3, -0.25) is 0 Å². The van der Waals surface area contributed by atoms with Crippen LogP contribution in [0.1, 0.15) is 57.2 Å². The maximum Gasteiger partial charge on any atom is 0.410 e. The summed E-state index contributed by atoms with van der Waals surface area (Å²) in [6.45, 7) is 11.6. The number of hydrogen-bond donors (Lipinski definition) is 0. The van der Waals surface area contributed by atoms with Crippen molar-refractivity contribution in [3.05, 3.63) is 41.0 Å². The molecule has 4 nitrogen and oxygen atoms in total. The summed E-state index contributed by atoms with van der Waals surface area (Å²) < 4.78 is 11.8. The smallest absolute Gasteiger partial charge is 0.410 e. The number of nitrogens with zero attached hydrogens (tertiary/aromatic N) is 1. The second-order valence-electron chi connectivity index (χ2n) is 7.93. The fourth-order valence-electron chi connectivity index (χ4n) is 3.70. The maximum absolute atomic E-state index is 12.5. The summed E-state index contributed by atoms with van der Waals surface area (Å²) >= 11 is 0. The molecule has 0 radical (unpaired) electrons. The number of allylic oxidation sites excluding steroid dienone is 1. The van der Waals surface area contributed by atoms with Gasteiger partial charge >= 0.3 is 6.09 Å². The van der Waals surface area contributed by atoms with Crippen molar-refractivity contribution in [1.82, 2.24) is 4.90 Å². The van der Waals surface area contributed by atoms with Crippen LogP contribution >= 0.6 is 0 Å². The Morgan fingerprint density at radius 3 is 2.83 bits per heavy atom. The summed E-state index contributed by atoms with van der Waals surface area (Å²) in [6, 6.07) is 6.38. The number of benzene rings is 1. The molecule has 1 amide bonds. The van der Waals surface area contributed by atoms with E-state index in [1.165, 1.54) is 16.7 Å². The first-order valence-corrected chi connectivity index (χ1v) is 8.60. The van der Waals surface area contributed by atoms with E-state index in [1.807, 2.05) is 33.8 Å². The molecule has 2 aliphatic heterocycles. The molecular formula is C20H27NO3. The first kappa shape index (κ1) is 17.0. The molecule has 0 aromatic heterocycles. The van der Waals surface area contributed by atoms with Gasteiger partial charge in [0.1, 0.15) is 5.60 Å². The van der Waals surface area contributed by atoms with Gasteiger partial charge in [-0.2, -0.15) is 0 Å². The minimum absolute atomic E-state index is 0.180. The predicted octanol–water partition coefficient (Wildman–Crippen LogP) is 4.34. The highest BCUT2D eigenvalue weighted by molar-refractivity contribution is 5.69. The van der Waals surface area contributed by atoms with Crippen LogP contribution in [0.4, 0.5) is 4.79 Å². The van der Waals surface area contributed by atoms with Gasteiger partial charge in [0.05, 0.1) is 18.8 Å². The van der Waals surface area contributed by atoms with Gasteiger partial charge in [-0.05, 0) is 51.3 Å². The molecule has 0 saturated carbocycles. The quantitative estimate of drug-likeness (QED) is 0.769. The Labute approximate surface area is 144 Å². The highest BCUT2D eigenvalue weighted by Gasteiger charge is 2.50. The van der Waals surface area contributed by atoms with Crippen molar-refractivity contribution in [2.75, 3.05) is 13.1 Å². The van der Waals surface area contributed by atoms with E-state index in [9.17, 15) is 4.79 Å². The van der Waals surface area contributed by atoms with Crippen molar-refractivity contribution in [3.63, 3.8) is 0 Å². The van der Waals surface area contributed by atoms with Crippen LogP contribution in [0.5, 0.6) is 0 Å². The molecule has 0 bridgehead atoms. The first-order valence-electron chi connectivity index (χ1n) is 8.60. The summed E-state index contributed by atoms with van der Waals surface area (Å²) in [5.41, 5.74) is 2.91. The van der Waals surface area contributed by atoms with Crippen molar-refractivity contribution >= 4 is 12.2 Å². The van der Waals surface area contributed by atoms with Crippen molar-refractivity contribution in [2.45, 2.75) is 58.3 Å². The zero-order chi connectivity index (χ0) is 17.5. The molecule has 2 unspecified atom stereocenters. The van der Waals surface area contributed by atoms with Crippen LogP contribution in [0, 0.1) is 0 Å². The molecule has 4 heteroatoms. The van der Waals surface area contributed by atoms with Crippen LogP contribution in [0.3, 0.4) is 0 Å². The molecule has 2 atom stereocenters. The minimum Gasteiger partial charge on any atom is -0.444 e. The van der Waals surface area contributed by atoms with E-state index < -0.39 is 5.60 Å². The van der Waals surface area contributed by atoms with Gasteiger partial charge in [0.2, 0.25) is 0 Å². The third-order valence-corrected chi connectivity index (χ3v) is 4.81. The first-order chi connectivity index (χ1) is 11.2. The molecule has 24 heavy (non-hydrogen) atoms. The van der Waals surface area contributed by atoms with Crippen LogP contribution in [-0.2, 0) is 16.1 Å². The zero-order valence-electron chi connectivity index (χ0n) is 15.3. The number of carbonyl (C=O) groups is 1. The fraction of sp³-hybridized carbons (Fsp3) is 0.550. The number of hydrogen-bond acceptors (Lipinski definition) is 3. The summed E-state index contributed by atoms with van der Waals surface area (Å²) in [5.74, 6) is 0.180. The summed E-state index contributed by atoms with van der Waals surface area (Å²) in [7, 11) is 0. The second kappa shape index (κ2) is 5.92. The van der Waals surface area contributed by atoms with Crippen molar-refractivity contribution < 1.29 is 14.3 Å². The van der Waals surface area contributed by atoms with E-state index in [1.54, 1.807) is 4.90 Å². The SMILES string of the molecule is C/C=C\c1cccc2c1COC1(C)CN(C(=O)OC(C)(C)C)CC21. The van der Waals surface area contributed by atoms with Crippen LogP contribution in [0.15, 0.2) is 24.3 Å². The number of carbonyl (C=O) groups excluding carboxylic acids is 1. The molecule has 0 spiro atoms. The number of ether oxygens (including phenoxy) is 2. The summed E-state index contributed by atoms with van der Waals surface area (Å²) in [6.07, 6.45) is 3.91. The van der Waals surface area contributed by atoms with E-state index in [0.29, 0.717) is 19.7 Å². The number of amides is 1. The van der Waals surface area contributed by atoms with Gasteiger partial charge in [-0.15, -0.1) is 0 Å². The lowest BCUT2D eigenvalue weighted by molar-refractivity contribution is -0.0575. The third kappa shape index (κ3) is 3.07. The number of fused-ring (bicyclic) bond motifs is 3. The maximum atomic E-state index is 12.5. The lowest BCUT2D eigenvalue weighted by Crippen LogP contribution is -2.41. The number of rotatable bonds is 1. The van der Waals surface area contributed by atoms with Crippen LogP contribution < -0.4 is 0 Å². The van der Waals surface area contributed by atoms with Gasteiger partial charge in [-0.25, -0.2) is 4.79 Å². The molecule has 0 aliphatic carbocycles. The molecule has 0 N–H and O–H groups in total. The molecule has 2 aliphatic rings. The standard InChI is InChI=1S/C20H27NO3/c1-6-8-14-9-7-10-15-16(14)12-23-20(5)13-21(11-17(15)20)18(22)24-19(2,3)4/h6-10,17H,11-13H2,1-5H3/b8-6-. The minimum atomic E-state index is -0.483.